The van der Waals surface area contributed by atoms with E-state index in [4.69, 9.17) is 18.9 Å². The second-order valence-corrected chi connectivity index (χ2v) is 4.26. The van der Waals surface area contributed by atoms with Crippen LogP contribution in [0.25, 0.3) is 0 Å². The highest BCUT2D eigenvalue weighted by Gasteiger charge is 2.43. The summed E-state index contributed by atoms with van der Waals surface area (Å²) >= 11 is 0. The van der Waals surface area contributed by atoms with Gasteiger partial charge in [-0.15, -0.1) is 0 Å². The first kappa shape index (κ1) is 13.9. The molecule has 2 unspecified atom stereocenters. The van der Waals surface area contributed by atoms with E-state index in [0.717, 1.165) is 0 Å². The normalized spacial score (nSPS) is 24.1. The number of carbonyl (C=O) groups is 2. The van der Waals surface area contributed by atoms with Crippen LogP contribution in [0.15, 0.2) is 0 Å². The summed E-state index contributed by atoms with van der Waals surface area (Å²) < 4.78 is 20.0. The van der Waals surface area contributed by atoms with Crippen molar-refractivity contribution in [1.82, 2.24) is 0 Å². The van der Waals surface area contributed by atoms with Crippen molar-refractivity contribution in [3.63, 3.8) is 0 Å². The van der Waals surface area contributed by atoms with Crippen LogP contribution in [0, 0.1) is 0 Å². The summed E-state index contributed by atoms with van der Waals surface area (Å²) in [5.74, 6) is -1.22. The molecule has 0 radical (unpaired) electrons. The summed E-state index contributed by atoms with van der Waals surface area (Å²) in [6.07, 6.45) is -2.62. The Morgan fingerprint density at radius 1 is 0.941 bits per heavy atom. The van der Waals surface area contributed by atoms with Crippen molar-refractivity contribution < 1.29 is 28.5 Å². The number of hydrogen-bond acceptors (Lipinski definition) is 6. The summed E-state index contributed by atoms with van der Waals surface area (Å²) in [5.41, 5.74) is 0. The van der Waals surface area contributed by atoms with E-state index in [-0.39, 0.29) is 19.0 Å². The average molecular weight is 246 g/mol. The van der Waals surface area contributed by atoms with Crippen molar-refractivity contribution in [1.29, 1.82) is 0 Å². The lowest BCUT2D eigenvalue weighted by molar-refractivity contribution is -0.167. The minimum Gasteiger partial charge on any atom is -0.461 e. The van der Waals surface area contributed by atoms with Gasteiger partial charge in [0.25, 0.3) is 0 Å². The third-order valence-electron chi connectivity index (χ3n) is 1.94. The molecule has 0 aromatic carbocycles. The Bertz CT molecular complexity index is 258. The van der Waals surface area contributed by atoms with Gasteiger partial charge in [0.05, 0.1) is 12.2 Å². The molecule has 17 heavy (non-hydrogen) atoms. The van der Waals surface area contributed by atoms with Gasteiger partial charge in [0.15, 0.2) is 12.2 Å². The third kappa shape index (κ3) is 3.98. The van der Waals surface area contributed by atoms with Crippen LogP contribution in [-0.2, 0) is 28.5 Å². The quantitative estimate of drug-likeness (QED) is 0.677. The summed E-state index contributed by atoms with van der Waals surface area (Å²) in [6.45, 7) is 6.75. The Labute approximate surface area is 100 Å². The van der Waals surface area contributed by atoms with Crippen molar-refractivity contribution in [2.75, 3.05) is 6.79 Å². The Kier molecular flexibility index (Phi) is 4.89. The lowest BCUT2D eigenvalue weighted by atomic mass is 10.2. The van der Waals surface area contributed by atoms with Gasteiger partial charge < -0.3 is 18.9 Å². The molecular formula is C11H18O6. The fourth-order valence-electron chi connectivity index (χ4n) is 1.34. The first-order valence-electron chi connectivity index (χ1n) is 5.56. The molecule has 0 bridgehead atoms. The maximum atomic E-state index is 11.6. The molecule has 0 aliphatic carbocycles. The van der Waals surface area contributed by atoms with Crippen molar-refractivity contribution in [2.24, 2.45) is 0 Å². The highest BCUT2D eigenvalue weighted by Crippen LogP contribution is 2.17. The second-order valence-electron chi connectivity index (χ2n) is 4.26. The molecule has 1 aliphatic rings. The summed E-state index contributed by atoms with van der Waals surface area (Å²) in [4.78, 5) is 23.2. The number of esters is 2. The van der Waals surface area contributed by atoms with E-state index < -0.39 is 24.1 Å². The molecule has 0 aromatic heterocycles. The third-order valence-corrected chi connectivity index (χ3v) is 1.94. The molecule has 98 valence electrons. The van der Waals surface area contributed by atoms with Gasteiger partial charge in [0.2, 0.25) is 0 Å². The molecule has 0 spiro atoms. The van der Waals surface area contributed by atoms with Crippen LogP contribution in [0.5, 0.6) is 0 Å². The fraction of sp³-hybridized carbons (Fsp3) is 0.818. The molecule has 6 nitrogen and oxygen atoms in total. The van der Waals surface area contributed by atoms with Crippen molar-refractivity contribution in [2.45, 2.75) is 52.1 Å². The monoisotopic (exact) mass is 246 g/mol. The number of carbonyl (C=O) groups excluding carboxylic acids is 2. The number of hydrogen-bond donors (Lipinski definition) is 0. The molecule has 1 saturated heterocycles. The molecule has 1 fully saturated rings. The number of rotatable bonds is 4. The van der Waals surface area contributed by atoms with E-state index in [1.54, 1.807) is 27.7 Å². The molecule has 1 rings (SSSR count). The zero-order valence-electron chi connectivity index (χ0n) is 10.5. The van der Waals surface area contributed by atoms with E-state index in [1.807, 2.05) is 0 Å². The van der Waals surface area contributed by atoms with E-state index in [9.17, 15) is 9.59 Å². The van der Waals surface area contributed by atoms with Gasteiger partial charge in [-0.2, -0.15) is 0 Å². The highest BCUT2D eigenvalue weighted by atomic mass is 16.7. The molecule has 0 amide bonds. The van der Waals surface area contributed by atoms with Gasteiger partial charge in [0.1, 0.15) is 6.79 Å². The standard InChI is InChI=1S/C11H18O6/c1-6(2)16-10(12)8-9(15-5-14-8)11(13)17-7(3)4/h6-9H,5H2,1-4H3. The van der Waals surface area contributed by atoms with Crippen molar-refractivity contribution >= 4 is 11.9 Å². The largest absolute Gasteiger partial charge is 0.461 e. The Morgan fingerprint density at radius 3 is 1.59 bits per heavy atom. The molecule has 0 N–H and O–H groups in total. The molecule has 6 heteroatoms. The van der Waals surface area contributed by atoms with Crippen LogP contribution in [-0.4, -0.2) is 43.1 Å². The minimum atomic E-state index is -1.04. The van der Waals surface area contributed by atoms with Crippen LogP contribution in [0.4, 0.5) is 0 Å². The second kappa shape index (κ2) is 5.97. The smallest absolute Gasteiger partial charge is 0.339 e. The SMILES string of the molecule is CC(C)OC(=O)C1OCOC1C(=O)OC(C)C. The van der Waals surface area contributed by atoms with E-state index in [0.29, 0.717) is 0 Å². The zero-order valence-corrected chi connectivity index (χ0v) is 10.5. The van der Waals surface area contributed by atoms with Gasteiger partial charge >= 0.3 is 11.9 Å². The van der Waals surface area contributed by atoms with Crippen LogP contribution in [0.2, 0.25) is 0 Å². The molecule has 2 atom stereocenters. The van der Waals surface area contributed by atoms with E-state index in [2.05, 4.69) is 0 Å². The first-order valence-corrected chi connectivity index (χ1v) is 5.56. The van der Waals surface area contributed by atoms with Gasteiger partial charge in [-0.05, 0) is 27.7 Å². The van der Waals surface area contributed by atoms with Crippen molar-refractivity contribution in [3.8, 4) is 0 Å². The summed E-state index contributed by atoms with van der Waals surface area (Å²) in [5, 5.41) is 0. The Balaban J connectivity index is 2.59. The predicted molar refractivity (Wildman–Crippen MR) is 57.1 cm³/mol. The lowest BCUT2D eigenvalue weighted by Gasteiger charge is -2.17. The van der Waals surface area contributed by atoms with Crippen LogP contribution in [0.1, 0.15) is 27.7 Å². The van der Waals surface area contributed by atoms with Gasteiger partial charge in [-0.1, -0.05) is 0 Å². The highest BCUT2D eigenvalue weighted by molar-refractivity contribution is 5.86. The Hall–Kier alpha value is -1.14. The van der Waals surface area contributed by atoms with Gasteiger partial charge in [-0.25, -0.2) is 9.59 Å². The van der Waals surface area contributed by atoms with Crippen LogP contribution >= 0.6 is 0 Å². The minimum absolute atomic E-state index is 0.115. The average Bonchev–Trinajstić information content (AvgIpc) is 2.63. The van der Waals surface area contributed by atoms with Crippen LogP contribution < -0.4 is 0 Å². The maximum absolute atomic E-state index is 11.6. The summed E-state index contributed by atoms with van der Waals surface area (Å²) in [7, 11) is 0. The molecule has 0 saturated carbocycles. The molecule has 0 aromatic rings. The number of ether oxygens (including phenoxy) is 4. The molecule has 1 aliphatic heterocycles. The van der Waals surface area contributed by atoms with Crippen LogP contribution in [0.3, 0.4) is 0 Å². The van der Waals surface area contributed by atoms with Gasteiger partial charge in [-0.3, -0.25) is 0 Å². The van der Waals surface area contributed by atoms with Crippen molar-refractivity contribution in [3.05, 3.63) is 0 Å². The first-order chi connectivity index (χ1) is 7.91. The molecular weight excluding hydrogens is 228 g/mol. The van der Waals surface area contributed by atoms with E-state index >= 15 is 0 Å². The maximum Gasteiger partial charge on any atom is 0.339 e. The fourth-order valence-corrected chi connectivity index (χ4v) is 1.34. The van der Waals surface area contributed by atoms with E-state index in [1.165, 1.54) is 0 Å². The lowest BCUT2D eigenvalue weighted by Crippen LogP contribution is -2.40. The summed E-state index contributed by atoms with van der Waals surface area (Å²) in [6, 6.07) is 0. The topological polar surface area (TPSA) is 71.1 Å². The molecule has 1 heterocycles. The Morgan fingerprint density at radius 2 is 1.29 bits per heavy atom. The predicted octanol–water partition coefficient (Wildman–Crippen LogP) is 0.631. The van der Waals surface area contributed by atoms with Gasteiger partial charge in [0, 0.05) is 0 Å². The zero-order chi connectivity index (χ0) is 13.0.